The van der Waals surface area contributed by atoms with Gasteiger partial charge in [-0.25, -0.2) is 9.97 Å². The van der Waals surface area contributed by atoms with E-state index in [1.807, 2.05) is 18.2 Å². The molecule has 0 saturated carbocycles. The number of anilines is 2. The van der Waals surface area contributed by atoms with Crippen LogP contribution in [-0.4, -0.2) is 47.6 Å². The van der Waals surface area contributed by atoms with E-state index in [-0.39, 0.29) is 12.6 Å². The van der Waals surface area contributed by atoms with E-state index in [1.165, 1.54) is 5.56 Å². The second-order valence-electron chi connectivity index (χ2n) is 6.30. The summed E-state index contributed by atoms with van der Waals surface area (Å²) < 4.78 is 10.7. The van der Waals surface area contributed by atoms with Crippen molar-refractivity contribution in [3.63, 3.8) is 0 Å². The number of nitrogens with zero attached hydrogens (tertiary/aromatic N) is 3. The van der Waals surface area contributed by atoms with Crippen molar-refractivity contribution in [2.24, 2.45) is 0 Å². The molecule has 1 atom stereocenters. The van der Waals surface area contributed by atoms with Gasteiger partial charge in [-0.2, -0.15) is 0 Å². The first kappa shape index (κ1) is 16.0. The van der Waals surface area contributed by atoms with E-state index in [2.05, 4.69) is 26.3 Å². The second-order valence-corrected chi connectivity index (χ2v) is 6.30. The van der Waals surface area contributed by atoms with E-state index in [4.69, 9.17) is 9.47 Å². The summed E-state index contributed by atoms with van der Waals surface area (Å²) in [5.41, 5.74) is 1.19. The van der Waals surface area contributed by atoms with Crippen molar-refractivity contribution in [2.75, 3.05) is 36.7 Å². The normalized spacial score (nSPS) is 18.6. The molecule has 0 unspecified atom stereocenters. The summed E-state index contributed by atoms with van der Waals surface area (Å²) in [7, 11) is 0. The van der Waals surface area contributed by atoms with Gasteiger partial charge in [0.05, 0.1) is 12.6 Å². The first-order valence-electron chi connectivity index (χ1n) is 8.65. The number of nitrogens with one attached hydrogen (secondary N) is 1. The number of aliphatic hydroxyl groups is 1. The molecule has 0 radical (unpaired) electrons. The van der Waals surface area contributed by atoms with Crippen LogP contribution in [0, 0.1) is 0 Å². The largest absolute Gasteiger partial charge is 0.454 e. The monoisotopic (exact) mass is 342 g/mol. The number of rotatable bonds is 6. The van der Waals surface area contributed by atoms with E-state index >= 15 is 0 Å². The molecule has 2 aliphatic rings. The van der Waals surface area contributed by atoms with Crippen LogP contribution in [0.4, 0.5) is 11.6 Å². The standard InChI is InChI=1S/C18H22N4O3/c23-10-14-2-1-7-22(14)18-9-17(20-11-21-18)19-6-5-13-3-4-15-16(8-13)25-12-24-15/h3-4,8-9,11,14,23H,1-2,5-7,10,12H2,(H,19,20,21)/t14-/m1/s1. The fourth-order valence-corrected chi connectivity index (χ4v) is 3.36. The number of benzene rings is 1. The highest BCUT2D eigenvalue weighted by molar-refractivity contribution is 5.50. The van der Waals surface area contributed by atoms with Gasteiger partial charge in [-0.3, -0.25) is 0 Å². The molecule has 0 amide bonds. The quantitative estimate of drug-likeness (QED) is 0.829. The third kappa shape index (κ3) is 3.46. The Morgan fingerprint density at radius 1 is 1.20 bits per heavy atom. The van der Waals surface area contributed by atoms with E-state index < -0.39 is 0 Å². The van der Waals surface area contributed by atoms with Gasteiger partial charge in [0.2, 0.25) is 6.79 Å². The SMILES string of the molecule is OC[C@H]1CCCN1c1cc(NCCc2ccc3c(c2)OCO3)ncn1. The molecule has 1 aromatic carbocycles. The number of aromatic nitrogens is 2. The lowest BCUT2D eigenvalue weighted by molar-refractivity contribution is 0.174. The lowest BCUT2D eigenvalue weighted by Gasteiger charge is -2.24. The number of aliphatic hydroxyl groups excluding tert-OH is 1. The number of fused-ring (bicyclic) bond motifs is 1. The van der Waals surface area contributed by atoms with Crippen LogP contribution in [0.3, 0.4) is 0 Å². The number of hydrogen-bond acceptors (Lipinski definition) is 7. The number of hydrogen-bond donors (Lipinski definition) is 2. The topological polar surface area (TPSA) is 79.7 Å². The highest BCUT2D eigenvalue weighted by atomic mass is 16.7. The van der Waals surface area contributed by atoms with Crippen molar-refractivity contribution in [1.29, 1.82) is 0 Å². The third-order valence-corrected chi connectivity index (χ3v) is 4.69. The molecule has 25 heavy (non-hydrogen) atoms. The van der Waals surface area contributed by atoms with Crippen molar-refractivity contribution < 1.29 is 14.6 Å². The van der Waals surface area contributed by atoms with Crippen LogP contribution in [0.1, 0.15) is 18.4 Å². The molecule has 7 nitrogen and oxygen atoms in total. The van der Waals surface area contributed by atoms with Crippen molar-refractivity contribution in [2.45, 2.75) is 25.3 Å². The summed E-state index contributed by atoms with van der Waals surface area (Å²) in [4.78, 5) is 10.8. The summed E-state index contributed by atoms with van der Waals surface area (Å²) in [6.07, 6.45) is 4.53. The van der Waals surface area contributed by atoms with Gasteiger partial charge in [0.25, 0.3) is 0 Å². The second kappa shape index (κ2) is 7.14. The maximum atomic E-state index is 9.48. The lowest BCUT2D eigenvalue weighted by Crippen LogP contribution is -2.32. The first-order chi connectivity index (χ1) is 12.3. The Morgan fingerprint density at radius 2 is 2.12 bits per heavy atom. The summed E-state index contributed by atoms with van der Waals surface area (Å²) in [5, 5.41) is 12.8. The van der Waals surface area contributed by atoms with Gasteiger partial charge in [-0.05, 0) is 37.0 Å². The molecule has 2 aliphatic heterocycles. The highest BCUT2D eigenvalue weighted by Gasteiger charge is 2.25. The number of ether oxygens (including phenoxy) is 2. The molecule has 1 aromatic heterocycles. The van der Waals surface area contributed by atoms with Gasteiger partial charge < -0.3 is 24.8 Å². The molecule has 1 saturated heterocycles. The molecule has 3 heterocycles. The van der Waals surface area contributed by atoms with E-state index in [0.29, 0.717) is 6.79 Å². The first-order valence-corrected chi connectivity index (χ1v) is 8.65. The van der Waals surface area contributed by atoms with Crippen molar-refractivity contribution in [3.8, 4) is 11.5 Å². The Kier molecular flexibility index (Phi) is 4.56. The fraction of sp³-hybridized carbons (Fsp3) is 0.444. The van der Waals surface area contributed by atoms with Crippen LogP contribution in [0.5, 0.6) is 11.5 Å². The summed E-state index contributed by atoms with van der Waals surface area (Å²) >= 11 is 0. The van der Waals surface area contributed by atoms with E-state index in [9.17, 15) is 5.11 Å². The van der Waals surface area contributed by atoms with Crippen LogP contribution in [0.25, 0.3) is 0 Å². The Bertz CT molecular complexity index is 740. The van der Waals surface area contributed by atoms with Gasteiger partial charge in [-0.15, -0.1) is 0 Å². The van der Waals surface area contributed by atoms with Gasteiger partial charge in [0.15, 0.2) is 11.5 Å². The maximum absolute atomic E-state index is 9.48. The Labute approximate surface area is 146 Å². The molecular formula is C18H22N4O3. The molecule has 7 heteroatoms. The zero-order valence-electron chi connectivity index (χ0n) is 14.0. The van der Waals surface area contributed by atoms with Crippen molar-refractivity contribution >= 4 is 11.6 Å². The average molecular weight is 342 g/mol. The minimum atomic E-state index is 0.163. The minimum Gasteiger partial charge on any atom is -0.454 e. The Balaban J connectivity index is 1.36. The molecule has 2 N–H and O–H groups in total. The van der Waals surface area contributed by atoms with Crippen LogP contribution < -0.4 is 19.7 Å². The third-order valence-electron chi connectivity index (χ3n) is 4.69. The fourth-order valence-electron chi connectivity index (χ4n) is 3.36. The van der Waals surface area contributed by atoms with Gasteiger partial charge in [-0.1, -0.05) is 6.07 Å². The highest BCUT2D eigenvalue weighted by Crippen LogP contribution is 2.32. The van der Waals surface area contributed by atoms with Crippen molar-refractivity contribution in [1.82, 2.24) is 9.97 Å². The smallest absolute Gasteiger partial charge is 0.231 e. The van der Waals surface area contributed by atoms with Crippen molar-refractivity contribution in [3.05, 3.63) is 36.2 Å². The van der Waals surface area contributed by atoms with Crippen LogP contribution in [0.2, 0.25) is 0 Å². The Hall–Kier alpha value is -2.54. The molecule has 0 bridgehead atoms. The zero-order chi connectivity index (χ0) is 17.1. The molecule has 132 valence electrons. The molecule has 4 rings (SSSR count). The minimum absolute atomic E-state index is 0.163. The molecule has 1 fully saturated rings. The predicted octanol–water partition coefficient (Wildman–Crippen LogP) is 1.82. The molecule has 2 aromatic rings. The average Bonchev–Trinajstić information content (AvgIpc) is 3.30. The predicted molar refractivity (Wildman–Crippen MR) is 94.2 cm³/mol. The molecular weight excluding hydrogens is 320 g/mol. The van der Waals surface area contributed by atoms with Crippen LogP contribution >= 0.6 is 0 Å². The van der Waals surface area contributed by atoms with Gasteiger partial charge in [0.1, 0.15) is 18.0 Å². The van der Waals surface area contributed by atoms with E-state index in [1.54, 1.807) is 6.33 Å². The summed E-state index contributed by atoms with van der Waals surface area (Å²) in [6.45, 7) is 2.15. The maximum Gasteiger partial charge on any atom is 0.231 e. The van der Waals surface area contributed by atoms with Crippen LogP contribution in [0.15, 0.2) is 30.6 Å². The zero-order valence-corrected chi connectivity index (χ0v) is 14.0. The summed E-state index contributed by atoms with van der Waals surface area (Å²) in [5.74, 6) is 3.29. The van der Waals surface area contributed by atoms with Gasteiger partial charge >= 0.3 is 0 Å². The lowest BCUT2D eigenvalue weighted by atomic mass is 10.1. The summed E-state index contributed by atoms with van der Waals surface area (Å²) in [6, 6.07) is 8.13. The van der Waals surface area contributed by atoms with Crippen LogP contribution in [-0.2, 0) is 6.42 Å². The molecule has 0 spiro atoms. The molecule has 0 aliphatic carbocycles. The Morgan fingerprint density at radius 3 is 3.04 bits per heavy atom. The van der Waals surface area contributed by atoms with Gasteiger partial charge in [0, 0.05) is 19.2 Å². The van der Waals surface area contributed by atoms with E-state index in [0.717, 1.165) is 55.5 Å².